The van der Waals surface area contributed by atoms with Crippen LogP contribution in [0.2, 0.25) is 0 Å². The summed E-state index contributed by atoms with van der Waals surface area (Å²) in [7, 11) is 0. The van der Waals surface area contributed by atoms with Crippen LogP contribution < -0.4 is 14.8 Å². The molecule has 194 valence electrons. The fourth-order valence-electron chi connectivity index (χ4n) is 3.35. The van der Waals surface area contributed by atoms with E-state index in [1.807, 2.05) is 78.9 Å². The highest BCUT2D eigenvalue weighted by atomic mass is 16.7. The van der Waals surface area contributed by atoms with E-state index < -0.39 is 12.1 Å². The summed E-state index contributed by atoms with van der Waals surface area (Å²) in [5.74, 6) is 0.127. The molecular formula is C29H31NO7. The van der Waals surface area contributed by atoms with E-state index in [4.69, 9.17) is 9.47 Å². The number of esters is 1. The molecule has 0 aliphatic carbocycles. The van der Waals surface area contributed by atoms with E-state index in [0.717, 1.165) is 16.7 Å². The number of carbonyl (C=O) groups excluding carboxylic acids is 3. The fraction of sp³-hybridized carbons (Fsp3) is 0.276. The zero-order valence-electron chi connectivity index (χ0n) is 20.8. The standard InChI is InChI=1S/C29H31NO7/c1-2-34-29(33)37-28(32)16-15-27(31)30-18-17-22-13-14-25(35-20-23-9-5-3-6-10-23)26(19-22)36-21-24-11-7-4-8-12-24/h3-14,19H,2,15-18,20-21H2,1H3,(H,30,31). The van der Waals surface area contributed by atoms with Gasteiger partial charge in [-0.05, 0) is 42.2 Å². The Hall–Kier alpha value is -4.33. The van der Waals surface area contributed by atoms with Crippen molar-refractivity contribution in [2.75, 3.05) is 13.2 Å². The maximum atomic E-state index is 12.1. The average molecular weight is 506 g/mol. The van der Waals surface area contributed by atoms with Gasteiger partial charge in [0.2, 0.25) is 5.91 Å². The Morgan fingerprint density at radius 3 is 1.97 bits per heavy atom. The third-order valence-electron chi connectivity index (χ3n) is 5.23. The van der Waals surface area contributed by atoms with Gasteiger partial charge < -0.3 is 24.3 Å². The van der Waals surface area contributed by atoms with Crippen LogP contribution in [0.25, 0.3) is 0 Å². The number of rotatable bonds is 13. The molecule has 3 aromatic carbocycles. The highest BCUT2D eigenvalue weighted by Crippen LogP contribution is 2.30. The monoisotopic (exact) mass is 505 g/mol. The Bertz CT molecular complexity index is 1150. The van der Waals surface area contributed by atoms with Crippen molar-refractivity contribution in [1.29, 1.82) is 0 Å². The van der Waals surface area contributed by atoms with Gasteiger partial charge in [-0.1, -0.05) is 66.7 Å². The van der Waals surface area contributed by atoms with Gasteiger partial charge in [-0.25, -0.2) is 4.79 Å². The third-order valence-corrected chi connectivity index (χ3v) is 5.23. The van der Waals surface area contributed by atoms with Gasteiger partial charge >= 0.3 is 12.1 Å². The van der Waals surface area contributed by atoms with Crippen molar-refractivity contribution in [2.45, 2.75) is 39.4 Å². The SMILES string of the molecule is CCOC(=O)OC(=O)CCC(=O)NCCc1ccc(OCc2ccccc2)c(OCc2ccccc2)c1. The van der Waals surface area contributed by atoms with Crippen LogP contribution in [0.1, 0.15) is 36.5 Å². The summed E-state index contributed by atoms with van der Waals surface area (Å²) in [6.45, 7) is 2.88. The summed E-state index contributed by atoms with van der Waals surface area (Å²) in [4.78, 5) is 34.8. The minimum Gasteiger partial charge on any atom is -0.485 e. The average Bonchev–Trinajstić information content (AvgIpc) is 2.91. The Labute approximate surface area is 216 Å². The quantitative estimate of drug-likeness (QED) is 0.258. The third kappa shape index (κ3) is 10.0. The van der Waals surface area contributed by atoms with E-state index in [0.29, 0.717) is 37.7 Å². The van der Waals surface area contributed by atoms with Gasteiger partial charge in [0.15, 0.2) is 11.5 Å². The summed E-state index contributed by atoms with van der Waals surface area (Å²) >= 11 is 0. The highest BCUT2D eigenvalue weighted by Gasteiger charge is 2.13. The number of ether oxygens (including phenoxy) is 4. The Balaban J connectivity index is 1.53. The molecule has 3 rings (SSSR count). The summed E-state index contributed by atoms with van der Waals surface area (Å²) in [5, 5.41) is 2.77. The van der Waals surface area contributed by atoms with E-state index in [1.54, 1.807) is 6.92 Å². The predicted molar refractivity (Wildman–Crippen MR) is 137 cm³/mol. The van der Waals surface area contributed by atoms with Crippen molar-refractivity contribution >= 4 is 18.0 Å². The minimum absolute atomic E-state index is 0.0874. The van der Waals surface area contributed by atoms with Crippen LogP contribution in [0.4, 0.5) is 4.79 Å². The maximum Gasteiger partial charge on any atom is 0.516 e. The summed E-state index contributed by atoms with van der Waals surface area (Å²) in [5.41, 5.74) is 3.04. The van der Waals surface area contributed by atoms with Gasteiger partial charge in [0.25, 0.3) is 0 Å². The number of benzene rings is 3. The molecule has 0 saturated carbocycles. The smallest absolute Gasteiger partial charge is 0.485 e. The molecule has 3 aromatic rings. The van der Waals surface area contributed by atoms with Crippen LogP contribution >= 0.6 is 0 Å². The minimum atomic E-state index is -1.06. The number of hydrogen-bond donors (Lipinski definition) is 1. The van der Waals surface area contributed by atoms with E-state index in [-0.39, 0.29) is 25.4 Å². The molecule has 0 bridgehead atoms. The summed E-state index contributed by atoms with van der Waals surface area (Å²) in [6.07, 6.45) is -0.806. The zero-order valence-corrected chi connectivity index (χ0v) is 20.8. The van der Waals surface area contributed by atoms with Crippen molar-refractivity contribution in [3.8, 4) is 11.5 Å². The highest BCUT2D eigenvalue weighted by molar-refractivity contribution is 5.85. The van der Waals surface area contributed by atoms with Crippen LogP contribution in [0.15, 0.2) is 78.9 Å². The van der Waals surface area contributed by atoms with E-state index in [9.17, 15) is 14.4 Å². The molecule has 0 atom stereocenters. The molecule has 0 aliphatic heterocycles. The van der Waals surface area contributed by atoms with Gasteiger partial charge in [0.05, 0.1) is 13.0 Å². The largest absolute Gasteiger partial charge is 0.516 e. The molecule has 0 radical (unpaired) electrons. The van der Waals surface area contributed by atoms with Crippen molar-refractivity contribution < 1.29 is 33.3 Å². The second-order valence-electron chi connectivity index (χ2n) is 8.09. The molecule has 0 saturated heterocycles. The Morgan fingerprint density at radius 1 is 0.730 bits per heavy atom. The van der Waals surface area contributed by atoms with Crippen LogP contribution in [-0.4, -0.2) is 31.2 Å². The van der Waals surface area contributed by atoms with Gasteiger partial charge in [0.1, 0.15) is 13.2 Å². The first-order valence-corrected chi connectivity index (χ1v) is 12.1. The van der Waals surface area contributed by atoms with Crippen molar-refractivity contribution in [1.82, 2.24) is 5.32 Å². The maximum absolute atomic E-state index is 12.1. The number of amides is 1. The molecule has 37 heavy (non-hydrogen) atoms. The van der Waals surface area contributed by atoms with Gasteiger partial charge in [-0.3, -0.25) is 9.59 Å². The number of hydrogen-bond acceptors (Lipinski definition) is 7. The Morgan fingerprint density at radius 2 is 1.35 bits per heavy atom. The van der Waals surface area contributed by atoms with Crippen LogP contribution in [0.3, 0.4) is 0 Å². The first kappa shape index (κ1) is 27.3. The van der Waals surface area contributed by atoms with Crippen LogP contribution in [-0.2, 0) is 38.7 Å². The molecule has 1 amide bonds. The molecule has 1 N–H and O–H groups in total. The molecule has 0 aromatic heterocycles. The number of nitrogens with one attached hydrogen (secondary N) is 1. The topological polar surface area (TPSA) is 100 Å². The molecule has 0 unspecified atom stereocenters. The first-order valence-electron chi connectivity index (χ1n) is 12.1. The van der Waals surface area contributed by atoms with Crippen LogP contribution in [0, 0.1) is 0 Å². The zero-order chi connectivity index (χ0) is 26.3. The molecule has 0 aliphatic rings. The first-order chi connectivity index (χ1) is 18.0. The van der Waals surface area contributed by atoms with Gasteiger partial charge in [-0.15, -0.1) is 0 Å². The number of carbonyl (C=O) groups is 3. The Kier molecular flexibility index (Phi) is 11.0. The lowest BCUT2D eigenvalue weighted by molar-refractivity contribution is -0.141. The van der Waals surface area contributed by atoms with E-state index >= 15 is 0 Å². The van der Waals surface area contributed by atoms with Crippen LogP contribution in [0.5, 0.6) is 11.5 Å². The predicted octanol–water partition coefficient (Wildman–Crippen LogP) is 4.98. The van der Waals surface area contributed by atoms with E-state index in [1.165, 1.54) is 0 Å². The molecule has 0 fully saturated rings. The lowest BCUT2D eigenvalue weighted by atomic mass is 10.1. The molecule has 8 nitrogen and oxygen atoms in total. The second kappa shape index (κ2) is 14.9. The van der Waals surface area contributed by atoms with Crippen molar-refractivity contribution in [3.63, 3.8) is 0 Å². The lowest BCUT2D eigenvalue weighted by Gasteiger charge is -2.15. The van der Waals surface area contributed by atoms with Gasteiger partial charge in [0, 0.05) is 13.0 Å². The summed E-state index contributed by atoms with van der Waals surface area (Å²) in [6, 6.07) is 25.4. The second-order valence-corrected chi connectivity index (χ2v) is 8.09. The summed E-state index contributed by atoms with van der Waals surface area (Å²) < 4.78 is 21.1. The fourth-order valence-corrected chi connectivity index (χ4v) is 3.35. The molecule has 0 spiro atoms. The molecular weight excluding hydrogens is 474 g/mol. The molecule has 0 heterocycles. The van der Waals surface area contributed by atoms with Crippen molar-refractivity contribution in [3.05, 3.63) is 95.6 Å². The van der Waals surface area contributed by atoms with Crippen molar-refractivity contribution in [2.24, 2.45) is 0 Å². The normalized spacial score (nSPS) is 10.3. The van der Waals surface area contributed by atoms with E-state index in [2.05, 4.69) is 14.8 Å². The van der Waals surface area contributed by atoms with Gasteiger partial charge in [-0.2, -0.15) is 0 Å². The molecule has 8 heteroatoms. The lowest BCUT2D eigenvalue weighted by Crippen LogP contribution is -2.26.